The van der Waals surface area contributed by atoms with Crippen LogP contribution in [0.3, 0.4) is 0 Å². The molecule has 6 nitrogen and oxygen atoms in total. The van der Waals surface area contributed by atoms with Gasteiger partial charge in [0.15, 0.2) is 5.69 Å². The minimum atomic E-state index is -4.52. The van der Waals surface area contributed by atoms with Crippen molar-refractivity contribution in [3.63, 3.8) is 0 Å². The van der Waals surface area contributed by atoms with E-state index in [9.17, 15) is 13.2 Å². The molecule has 2 aromatic rings. The quantitative estimate of drug-likeness (QED) is 0.869. The van der Waals surface area contributed by atoms with Crippen molar-refractivity contribution < 1.29 is 17.9 Å². The minimum absolute atomic E-state index is 0.0137. The summed E-state index contributed by atoms with van der Waals surface area (Å²) in [5.74, 6) is 0.294. The van der Waals surface area contributed by atoms with Gasteiger partial charge < -0.3 is 9.64 Å². The number of halogens is 3. The molecule has 0 bridgehead atoms. The van der Waals surface area contributed by atoms with Crippen LogP contribution in [0.5, 0.6) is 0 Å². The maximum Gasteiger partial charge on any atom is 0.433 e. The molecule has 0 saturated carbocycles. The van der Waals surface area contributed by atoms with Crippen LogP contribution < -0.4 is 4.90 Å². The summed E-state index contributed by atoms with van der Waals surface area (Å²) in [7, 11) is 0. The molecule has 22 heavy (non-hydrogen) atoms. The van der Waals surface area contributed by atoms with Gasteiger partial charge in [-0.1, -0.05) is 0 Å². The summed E-state index contributed by atoms with van der Waals surface area (Å²) in [6.45, 7) is 3.67. The van der Waals surface area contributed by atoms with Crippen LogP contribution in [-0.4, -0.2) is 45.4 Å². The van der Waals surface area contributed by atoms with E-state index in [4.69, 9.17) is 4.74 Å². The van der Waals surface area contributed by atoms with Crippen LogP contribution in [0.15, 0.2) is 12.4 Å². The number of aromatic nitrogens is 4. The van der Waals surface area contributed by atoms with E-state index in [1.807, 2.05) is 11.8 Å². The first-order valence-corrected chi connectivity index (χ1v) is 7.13. The zero-order chi connectivity index (χ0) is 15.7. The van der Waals surface area contributed by atoms with Crippen LogP contribution in [0, 0.1) is 0 Å². The SMILES string of the molecule is CCOC1CCCN(c2cc(C(F)(F)F)nc3ncnn23)C1. The van der Waals surface area contributed by atoms with Crippen molar-refractivity contribution in [1.82, 2.24) is 19.6 Å². The van der Waals surface area contributed by atoms with Gasteiger partial charge in [0.2, 0.25) is 0 Å². The highest BCUT2D eigenvalue weighted by Crippen LogP contribution is 2.31. The summed E-state index contributed by atoms with van der Waals surface area (Å²) in [5, 5.41) is 3.98. The predicted molar refractivity (Wildman–Crippen MR) is 72.6 cm³/mol. The summed E-state index contributed by atoms with van der Waals surface area (Å²) in [5.41, 5.74) is -0.957. The number of nitrogens with zero attached hydrogens (tertiary/aromatic N) is 5. The lowest BCUT2D eigenvalue weighted by molar-refractivity contribution is -0.141. The van der Waals surface area contributed by atoms with Crippen LogP contribution in [0.1, 0.15) is 25.5 Å². The van der Waals surface area contributed by atoms with E-state index < -0.39 is 11.9 Å². The van der Waals surface area contributed by atoms with Crippen LogP contribution in [0.25, 0.3) is 5.78 Å². The van der Waals surface area contributed by atoms with Gasteiger partial charge >= 0.3 is 6.18 Å². The molecule has 0 radical (unpaired) electrons. The summed E-state index contributed by atoms with van der Waals surface area (Å²) in [6, 6.07) is 1.02. The molecule has 1 saturated heterocycles. The Hall–Kier alpha value is -1.90. The summed E-state index contributed by atoms with van der Waals surface area (Å²) >= 11 is 0. The Morgan fingerprint density at radius 3 is 2.95 bits per heavy atom. The molecule has 1 unspecified atom stereocenters. The molecule has 0 aromatic carbocycles. The maximum absolute atomic E-state index is 13.0. The molecule has 3 heterocycles. The highest BCUT2D eigenvalue weighted by Gasteiger charge is 2.35. The first-order chi connectivity index (χ1) is 10.5. The standard InChI is InChI=1S/C13H16F3N5O/c1-2-22-9-4-3-5-20(7-9)11-6-10(13(14,15)16)19-12-17-8-18-21(11)12/h6,8-9H,2-5,7H2,1H3. The van der Waals surface area contributed by atoms with E-state index in [-0.39, 0.29) is 11.9 Å². The van der Waals surface area contributed by atoms with Crippen LogP contribution >= 0.6 is 0 Å². The minimum Gasteiger partial charge on any atom is -0.377 e. The second kappa shape index (κ2) is 5.71. The van der Waals surface area contributed by atoms with Crippen molar-refractivity contribution in [2.75, 3.05) is 24.6 Å². The van der Waals surface area contributed by atoms with E-state index in [1.54, 1.807) is 0 Å². The van der Waals surface area contributed by atoms with Gasteiger partial charge in [-0.3, -0.25) is 0 Å². The lowest BCUT2D eigenvalue weighted by Gasteiger charge is -2.34. The summed E-state index contributed by atoms with van der Waals surface area (Å²) < 4.78 is 45.9. The van der Waals surface area contributed by atoms with Gasteiger partial charge in [-0.15, -0.1) is 0 Å². The van der Waals surface area contributed by atoms with Crippen molar-refractivity contribution in [2.45, 2.75) is 32.0 Å². The highest BCUT2D eigenvalue weighted by atomic mass is 19.4. The van der Waals surface area contributed by atoms with Gasteiger partial charge in [0.05, 0.1) is 6.10 Å². The van der Waals surface area contributed by atoms with Crippen molar-refractivity contribution >= 4 is 11.6 Å². The lowest BCUT2D eigenvalue weighted by Crippen LogP contribution is -2.41. The molecular weight excluding hydrogens is 299 g/mol. The third-order valence-electron chi connectivity index (χ3n) is 3.63. The number of ether oxygens (including phenoxy) is 1. The van der Waals surface area contributed by atoms with Gasteiger partial charge in [0.25, 0.3) is 5.78 Å². The van der Waals surface area contributed by atoms with Crippen molar-refractivity contribution in [1.29, 1.82) is 0 Å². The molecular formula is C13H16F3N5O. The van der Waals surface area contributed by atoms with E-state index in [1.165, 1.54) is 10.8 Å². The lowest BCUT2D eigenvalue weighted by atomic mass is 10.1. The topological polar surface area (TPSA) is 55.5 Å². The average molecular weight is 315 g/mol. The van der Waals surface area contributed by atoms with Gasteiger partial charge in [-0.25, -0.2) is 4.98 Å². The molecule has 0 spiro atoms. The fourth-order valence-electron chi connectivity index (χ4n) is 2.69. The van der Waals surface area contributed by atoms with E-state index >= 15 is 0 Å². The highest BCUT2D eigenvalue weighted by molar-refractivity contribution is 5.48. The third kappa shape index (κ3) is 2.85. The second-order valence-electron chi connectivity index (χ2n) is 5.13. The molecule has 1 atom stereocenters. The van der Waals surface area contributed by atoms with E-state index in [2.05, 4.69) is 15.1 Å². The largest absolute Gasteiger partial charge is 0.433 e. The smallest absolute Gasteiger partial charge is 0.377 e. The Bertz CT molecular complexity index is 655. The molecule has 0 amide bonds. The van der Waals surface area contributed by atoms with Crippen LogP contribution in [-0.2, 0) is 10.9 Å². The first kappa shape index (κ1) is 15.0. The van der Waals surface area contributed by atoms with Crippen LogP contribution in [0.2, 0.25) is 0 Å². The number of rotatable bonds is 3. The number of piperidine rings is 1. The zero-order valence-electron chi connectivity index (χ0n) is 12.0. The Kier molecular flexibility index (Phi) is 3.90. The summed E-state index contributed by atoms with van der Waals surface area (Å²) in [6.07, 6.45) is -1.54. The Balaban J connectivity index is 1.99. The monoisotopic (exact) mass is 315 g/mol. The first-order valence-electron chi connectivity index (χ1n) is 7.13. The van der Waals surface area contributed by atoms with Crippen LogP contribution in [0.4, 0.5) is 19.0 Å². The van der Waals surface area contributed by atoms with E-state index in [0.29, 0.717) is 25.5 Å². The predicted octanol–water partition coefficient (Wildman–Crippen LogP) is 2.15. The number of anilines is 1. The fourth-order valence-corrected chi connectivity index (χ4v) is 2.69. The van der Waals surface area contributed by atoms with Crippen molar-refractivity contribution in [3.8, 4) is 0 Å². The Labute approximate surface area is 124 Å². The van der Waals surface area contributed by atoms with Gasteiger partial charge in [-0.05, 0) is 19.8 Å². The van der Waals surface area contributed by atoms with Gasteiger partial charge in [0, 0.05) is 25.8 Å². The molecule has 120 valence electrons. The number of hydrogen-bond donors (Lipinski definition) is 0. The summed E-state index contributed by atoms with van der Waals surface area (Å²) in [4.78, 5) is 9.16. The van der Waals surface area contributed by atoms with Crippen molar-refractivity contribution in [2.24, 2.45) is 0 Å². The molecule has 0 aliphatic carbocycles. The normalized spacial score (nSPS) is 19.8. The number of alkyl halides is 3. The van der Waals surface area contributed by atoms with Gasteiger partial charge in [-0.2, -0.15) is 27.8 Å². The molecule has 1 aliphatic heterocycles. The molecule has 1 aliphatic rings. The van der Waals surface area contributed by atoms with Gasteiger partial charge in [0.1, 0.15) is 12.1 Å². The number of hydrogen-bond acceptors (Lipinski definition) is 5. The molecule has 3 rings (SSSR count). The maximum atomic E-state index is 13.0. The van der Waals surface area contributed by atoms with E-state index in [0.717, 1.165) is 18.9 Å². The molecule has 2 aromatic heterocycles. The fraction of sp³-hybridized carbons (Fsp3) is 0.615. The Morgan fingerprint density at radius 1 is 1.41 bits per heavy atom. The van der Waals surface area contributed by atoms with Crippen molar-refractivity contribution in [3.05, 3.63) is 18.1 Å². The zero-order valence-corrected chi connectivity index (χ0v) is 12.0. The molecule has 0 N–H and O–H groups in total. The Morgan fingerprint density at radius 2 is 2.23 bits per heavy atom. The average Bonchev–Trinajstić information content (AvgIpc) is 2.94. The molecule has 9 heteroatoms. The molecule has 1 fully saturated rings. The second-order valence-corrected chi connectivity index (χ2v) is 5.13. The third-order valence-corrected chi connectivity index (χ3v) is 3.63. The number of fused-ring (bicyclic) bond motifs is 1.